The third-order valence-corrected chi connectivity index (χ3v) is 4.03. The summed E-state index contributed by atoms with van der Waals surface area (Å²) in [4.78, 5) is 0. The molecule has 0 unspecified atom stereocenters. The number of sulfonamides is 1. The SMILES string of the molecule is CCOc1ccc(NS(=O)(=O)CCCNC)cc1OCC. The molecule has 0 spiro atoms. The molecule has 1 aromatic rings. The van der Waals surface area contributed by atoms with Crippen molar-refractivity contribution in [3.63, 3.8) is 0 Å². The standard InChI is InChI=1S/C14H24N2O4S/c1-4-19-13-8-7-12(11-14(13)20-5-2)16-21(17,18)10-6-9-15-3/h7-8,11,15-16H,4-6,9-10H2,1-3H3. The molecule has 0 aliphatic carbocycles. The highest BCUT2D eigenvalue weighted by Crippen LogP contribution is 2.31. The second kappa shape index (κ2) is 8.74. The Kier molecular flexibility index (Phi) is 7.31. The van der Waals surface area contributed by atoms with Crippen molar-refractivity contribution in [3.05, 3.63) is 18.2 Å². The van der Waals surface area contributed by atoms with E-state index in [1.807, 2.05) is 13.8 Å². The highest BCUT2D eigenvalue weighted by Gasteiger charge is 2.12. The molecule has 0 fully saturated rings. The van der Waals surface area contributed by atoms with E-state index >= 15 is 0 Å². The Balaban J connectivity index is 2.81. The Hall–Kier alpha value is -1.47. The van der Waals surface area contributed by atoms with E-state index < -0.39 is 10.0 Å². The molecular weight excluding hydrogens is 292 g/mol. The van der Waals surface area contributed by atoms with Crippen LogP contribution in [0.4, 0.5) is 5.69 Å². The van der Waals surface area contributed by atoms with Crippen LogP contribution >= 0.6 is 0 Å². The second-order valence-corrected chi connectivity index (χ2v) is 6.25. The predicted octanol–water partition coefficient (Wildman–Crippen LogP) is 1.84. The first-order valence-corrected chi connectivity index (χ1v) is 8.72. The van der Waals surface area contributed by atoms with E-state index in [1.165, 1.54) is 0 Å². The zero-order chi connectivity index (χ0) is 15.7. The summed E-state index contributed by atoms with van der Waals surface area (Å²) in [5.74, 6) is 1.22. The molecular formula is C14H24N2O4S. The fraction of sp³-hybridized carbons (Fsp3) is 0.571. The summed E-state index contributed by atoms with van der Waals surface area (Å²) in [6, 6.07) is 5.02. The van der Waals surface area contributed by atoms with Crippen LogP contribution in [0.3, 0.4) is 0 Å². The van der Waals surface area contributed by atoms with Gasteiger partial charge in [-0.2, -0.15) is 0 Å². The molecule has 0 aliphatic rings. The topological polar surface area (TPSA) is 76.7 Å². The number of nitrogens with one attached hydrogen (secondary N) is 2. The summed E-state index contributed by atoms with van der Waals surface area (Å²) in [5.41, 5.74) is 0.478. The lowest BCUT2D eigenvalue weighted by atomic mass is 10.3. The Labute approximate surface area is 126 Å². The van der Waals surface area contributed by atoms with Gasteiger partial charge in [0.25, 0.3) is 0 Å². The summed E-state index contributed by atoms with van der Waals surface area (Å²) < 4.78 is 37.4. The monoisotopic (exact) mass is 316 g/mol. The van der Waals surface area contributed by atoms with Gasteiger partial charge < -0.3 is 14.8 Å². The molecule has 0 bridgehead atoms. The Morgan fingerprint density at radius 1 is 1.10 bits per heavy atom. The van der Waals surface area contributed by atoms with Crippen LogP contribution in [0, 0.1) is 0 Å². The van der Waals surface area contributed by atoms with E-state index in [0.29, 0.717) is 43.4 Å². The first-order chi connectivity index (χ1) is 10.0. The third kappa shape index (κ3) is 6.22. The van der Waals surface area contributed by atoms with Crippen molar-refractivity contribution in [1.82, 2.24) is 5.32 Å². The van der Waals surface area contributed by atoms with Crippen molar-refractivity contribution in [3.8, 4) is 11.5 Å². The average molecular weight is 316 g/mol. The van der Waals surface area contributed by atoms with Gasteiger partial charge in [0, 0.05) is 6.07 Å². The number of benzene rings is 1. The molecule has 0 atom stereocenters. The van der Waals surface area contributed by atoms with Gasteiger partial charge in [-0.3, -0.25) is 4.72 Å². The molecule has 0 amide bonds. The minimum absolute atomic E-state index is 0.0744. The normalized spacial score (nSPS) is 11.2. The lowest BCUT2D eigenvalue weighted by Crippen LogP contribution is -2.20. The van der Waals surface area contributed by atoms with Crippen molar-refractivity contribution < 1.29 is 17.9 Å². The van der Waals surface area contributed by atoms with E-state index in [1.54, 1.807) is 25.2 Å². The van der Waals surface area contributed by atoms with Crippen LogP contribution in [0.25, 0.3) is 0 Å². The molecule has 120 valence electrons. The van der Waals surface area contributed by atoms with E-state index in [2.05, 4.69) is 10.0 Å². The maximum absolute atomic E-state index is 11.9. The number of hydrogen-bond donors (Lipinski definition) is 2. The molecule has 0 heterocycles. The molecule has 6 nitrogen and oxygen atoms in total. The average Bonchev–Trinajstić information content (AvgIpc) is 2.42. The van der Waals surface area contributed by atoms with Gasteiger partial charge in [0.2, 0.25) is 10.0 Å². The van der Waals surface area contributed by atoms with Gasteiger partial charge in [0.15, 0.2) is 11.5 Å². The van der Waals surface area contributed by atoms with Gasteiger partial charge in [-0.1, -0.05) is 0 Å². The maximum Gasteiger partial charge on any atom is 0.232 e. The molecule has 1 aromatic carbocycles. The van der Waals surface area contributed by atoms with Crippen LogP contribution < -0.4 is 19.5 Å². The number of ether oxygens (including phenoxy) is 2. The number of hydrogen-bond acceptors (Lipinski definition) is 5. The van der Waals surface area contributed by atoms with Crippen molar-refractivity contribution in [2.75, 3.05) is 37.3 Å². The smallest absolute Gasteiger partial charge is 0.232 e. The molecule has 21 heavy (non-hydrogen) atoms. The molecule has 0 saturated heterocycles. The fourth-order valence-corrected chi connectivity index (χ4v) is 2.90. The molecule has 0 radical (unpaired) electrons. The molecule has 0 saturated carbocycles. The highest BCUT2D eigenvalue weighted by molar-refractivity contribution is 7.92. The summed E-state index contributed by atoms with van der Waals surface area (Å²) in [6.45, 7) is 5.42. The first kappa shape index (κ1) is 17.6. The van der Waals surface area contributed by atoms with Gasteiger partial charge in [-0.05, 0) is 46.0 Å². The lowest BCUT2D eigenvalue weighted by molar-refractivity contribution is 0.288. The van der Waals surface area contributed by atoms with Gasteiger partial charge in [0.05, 0.1) is 24.7 Å². The summed E-state index contributed by atoms with van der Waals surface area (Å²) in [6.07, 6.45) is 0.557. The fourth-order valence-electron chi connectivity index (χ4n) is 1.78. The second-order valence-electron chi connectivity index (χ2n) is 4.41. The largest absolute Gasteiger partial charge is 0.490 e. The van der Waals surface area contributed by atoms with Crippen LogP contribution in [0.5, 0.6) is 11.5 Å². The predicted molar refractivity (Wildman–Crippen MR) is 84.7 cm³/mol. The third-order valence-electron chi connectivity index (χ3n) is 2.66. The highest BCUT2D eigenvalue weighted by atomic mass is 32.2. The first-order valence-electron chi connectivity index (χ1n) is 7.07. The summed E-state index contributed by atoms with van der Waals surface area (Å²) in [5, 5.41) is 2.92. The zero-order valence-corrected chi connectivity index (χ0v) is 13.6. The van der Waals surface area contributed by atoms with Crippen LogP contribution in [0.2, 0.25) is 0 Å². The van der Waals surface area contributed by atoms with Gasteiger partial charge in [-0.15, -0.1) is 0 Å². The van der Waals surface area contributed by atoms with Crippen LogP contribution in [0.15, 0.2) is 18.2 Å². The van der Waals surface area contributed by atoms with Gasteiger partial charge in [0.1, 0.15) is 0 Å². The number of rotatable bonds is 10. The van der Waals surface area contributed by atoms with Crippen LogP contribution in [-0.4, -0.2) is 41.0 Å². The van der Waals surface area contributed by atoms with Crippen LogP contribution in [-0.2, 0) is 10.0 Å². The molecule has 2 N–H and O–H groups in total. The summed E-state index contributed by atoms with van der Waals surface area (Å²) >= 11 is 0. The minimum Gasteiger partial charge on any atom is -0.490 e. The molecule has 0 aromatic heterocycles. The molecule has 7 heteroatoms. The maximum atomic E-state index is 11.9. The van der Waals surface area contributed by atoms with E-state index in [-0.39, 0.29) is 5.75 Å². The van der Waals surface area contributed by atoms with E-state index in [4.69, 9.17) is 9.47 Å². The zero-order valence-electron chi connectivity index (χ0n) is 12.8. The Morgan fingerprint density at radius 3 is 2.38 bits per heavy atom. The molecule has 1 rings (SSSR count). The van der Waals surface area contributed by atoms with Crippen molar-refractivity contribution in [1.29, 1.82) is 0 Å². The Morgan fingerprint density at radius 2 is 1.76 bits per heavy atom. The van der Waals surface area contributed by atoms with E-state index in [9.17, 15) is 8.42 Å². The van der Waals surface area contributed by atoms with Gasteiger partial charge in [-0.25, -0.2) is 8.42 Å². The lowest BCUT2D eigenvalue weighted by Gasteiger charge is -2.13. The van der Waals surface area contributed by atoms with Crippen LogP contribution in [0.1, 0.15) is 20.3 Å². The number of anilines is 1. The van der Waals surface area contributed by atoms with Crippen molar-refractivity contribution in [2.45, 2.75) is 20.3 Å². The summed E-state index contributed by atoms with van der Waals surface area (Å²) in [7, 11) is -1.56. The van der Waals surface area contributed by atoms with Crippen molar-refractivity contribution >= 4 is 15.7 Å². The molecule has 0 aliphatic heterocycles. The van der Waals surface area contributed by atoms with Gasteiger partial charge >= 0.3 is 0 Å². The minimum atomic E-state index is -3.35. The quantitative estimate of drug-likeness (QED) is 0.644. The Bertz CT molecular complexity index is 532. The van der Waals surface area contributed by atoms with E-state index in [0.717, 1.165) is 0 Å². The van der Waals surface area contributed by atoms with Crippen molar-refractivity contribution in [2.24, 2.45) is 0 Å².